The summed E-state index contributed by atoms with van der Waals surface area (Å²) in [5, 5.41) is 3.15. The molecule has 0 saturated carbocycles. The SMILES string of the molecule is CCOC(=O)c1c(NC(=O)CC(c2ccccc2)c2ccccc2)sc(C(=O)OC(C)(C)C)c1C. The molecule has 7 heteroatoms. The van der Waals surface area contributed by atoms with E-state index in [1.54, 1.807) is 34.6 Å². The Hall–Kier alpha value is -3.45. The number of carbonyl (C=O) groups excluding carboxylic acids is 3. The van der Waals surface area contributed by atoms with E-state index in [9.17, 15) is 14.4 Å². The lowest BCUT2D eigenvalue weighted by Crippen LogP contribution is -2.23. The molecule has 0 radical (unpaired) electrons. The zero-order chi connectivity index (χ0) is 25.6. The number of anilines is 1. The van der Waals surface area contributed by atoms with Gasteiger partial charge in [-0.3, -0.25) is 4.79 Å². The summed E-state index contributed by atoms with van der Waals surface area (Å²) in [6.07, 6.45) is 0.162. The summed E-state index contributed by atoms with van der Waals surface area (Å²) in [4.78, 5) is 39.0. The molecule has 0 unspecified atom stereocenters. The van der Waals surface area contributed by atoms with Crippen molar-refractivity contribution < 1.29 is 23.9 Å². The van der Waals surface area contributed by atoms with Crippen LogP contribution >= 0.6 is 11.3 Å². The van der Waals surface area contributed by atoms with Gasteiger partial charge in [-0.05, 0) is 51.3 Å². The number of ether oxygens (including phenoxy) is 2. The molecule has 0 aliphatic heterocycles. The number of hydrogen-bond donors (Lipinski definition) is 1. The van der Waals surface area contributed by atoms with Crippen LogP contribution in [0.15, 0.2) is 60.7 Å². The predicted molar refractivity (Wildman–Crippen MR) is 138 cm³/mol. The Bertz CT molecular complexity index is 1140. The van der Waals surface area contributed by atoms with Crippen molar-refractivity contribution in [1.82, 2.24) is 0 Å². The molecule has 1 aromatic heterocycles. The second-order valence-corrected chi connectivity index (χ2v) is 10.1. The molecule has 0 spiro atoms. The van der Waals surface area contributed by atoms with Gasteiger partial charge in [0, 0.05) is 12.3 Å². The van der Waals surface area contributed by atoms with Gasteiger partial charge < -0.3 is 14.8 Å². The first-order valence-corrected chi connectivity index (χ1v) is 12.4. The van der Waals surface area contributed by atoms with Crippen molar-refractivity contribution >= 4 is 34.2 Å². The molecule has 1 heterocycles. The number of nitrogens with one attached hydrogen (secondary N) is 1. The summed E-state index contributed by atoms with van der Waals surface area (Å²) >= 11 is 1.03. The average Bonchev–Trinajstić information content (AvgIpc) is 3.13. The van der Waals surface area contributed by atoms with E-state index in [2.05, 4.69) is 5.32 Å². The van der Waals surface area contributed by atoms with Gasteiger partial charge in [0.1, 0.15) is 15.5 Å². The van der Waals surface area contributed by atoms with E-state index in [4.69, 9.17) is 9.47 Å². The molecule has 3 rings (SSSR count). The average molecular weight is 494 g/mol. The van der Waals surface area contributed by atoms with Gasteiger partial charge in [0.25, 0.3) is 0 Å². The van der Waals surface area contributed by atoms with Crippen LogP contribution in [0.3, 0.4) is 0 Å². The zero-order valence-electron chi connectivity index (χ0n) is 20.7. The Morgan fingerprint density at radius 1 is 0.914 bits per heavy atom. The Morgan fingerprint density at radius 3 is 1.94 bits per heavy atom. The summed E-state index contributed by atoms with van der Waals surface area (Å²) in [5.74, 6) is -1.58. The van der Waals surface area contributed by atoms with Crippen LogP contribution in [-0.2, 0) is 14.3 Å². The number of amides is 1. The van der Waals surface area contributed by atoms with Crippen molar-refractivity contribution in [2.24, 2.45) is 0 Å². The van der Waals surface area contributed by atoms with E-state index < -0.39 is 17.5 Å². The van der Waals surface area contributed by atoms with Crippen LogP contribution < -0.4 is 5.32 Å². The normalized spacial score (nSPS) is 11.3. The maximum Gasteiger partial charge on any atom is 0.349 e. The van der Waals surface area contributed by atoms with Crippen molar-refractivity contribution in [2.45, 2.75) is 52.6 Å². The Morgan fingerprint density at radius 2 is 1.46 bits per heavy atom. The second-order valence-electron chi connectivity index (χ2n) is 9.11. The maximum atomic E-state index is 13.2. The van der Waals surface area contributed by atoms with Gasteiger partial charge in [0.15, 0.2) is 0 Å². The molecule has 0 aliphatic carbocycles. The molecule has 1 amide bonds. The van der Waals surface area contributed by atoms with Crippen LogP contribution in [0.2, 0.25) is 0 Å². The molecular weight excluding hydrogens is 462 g/mol. The van der Waals surface area contributed by atoms with Crippen molar-refractivity contribution in [3.63, 3.8) is 0 Å². The van der Waals surface area contributed by atoms with E-state index in [0.29, 0.717) is 5.56 Å². The first kappa shape index (κ1) is 26.2. The fourth-order valence-corrected chi connectivity index (χ4v) is 4.82. The molecule has 184 valence electrons. The second kappa shape index (κ2) is 11.3. The highest BCUT2D eigenvalue weighted by Crippen LogP contribution is 2.36. The fraction of sp³-hybridized carbons (Fsp3) is 0.321. The quantitative estimate of drug-likeness (QED) is 0.370. The van der Waals surface area contributed by atoms with Crippen molar-refractivity contribution in [2.75, 3.05) is 11.9 Å². The number of benzene rings is 2. The predicted octanol–water partition coefficient (Wildman–Crippen LogP) is 6.35. The van der Waals surface area contributed by atoms with Crippen LogP contribution in [0, 0.1) is 6.92 Å². The number of thiophene rings is 1. The molecule has 35 heavy (non-hydrogen) atoms. The summed E-state index contributed by atoms with van der Waals surface area (Å²) in [5.41, 5.74) is 1.94. The van der Waals surface area contributed by atoms with E-state index in [-0.39, 0.29) is 40.3 Å². The lowest BCUT2D eigenvalue weighted by atomic mass is 9.88. The Kier molecular flexibility index (Phi) is 8.46. The lowest BCUT2D eigenvalue weighted by molar-refractivity contribution is -0.116. The van der Waals surface area contributed by atoms with Gasteiger partial charge >= 0.3 is 11.9 Å². The molecule has 2 aromatic carbocycles. The van der Waals surface area contributed by atoms with Crippen LogP contribution in [0.25, 0.3) is 0 Å². The first-order valence-electron chi connectivity index (χ1n) is 11.5. The van der Waals surface area contributed by atoms with E-state index in [1.807, 2.05) is 60.7 Å². The summed E-state index contributed by atoms with van der Waals surface area (Å²) in [6, 6.07) is 19.6. The van der Waals surface area contributed by atoms with E-state index >= 15 is 0 Å². The minimum absolute atomic E-state index is 0.162. The minimum atomic E-state index is -0.695. The monoisotopic (exact) mass is 493 g/mol. The molecule has 0 bridgehead atoms. The fourth-order valence-electron chi connectivity index (χ4n) is 3.73. The third-order valence-corrected chi connectivity index (χ3v) is 6.44. The highest BCUT2D eigenvalue weighted by Gasteiger charge is 2.30. The first-order chi connectivity index (χ1) is 16.6. The molecule has 0 atom stereocenters. The summed E-state index contributed by atoms with van der Waals surface area (Å²) in [6.45, 7) is 8.86. The smallest absolute Gasteiger partial charge is 0.349 e. The summed E-state index contributed by atoms with van der Waals surface area (Å²) < 4.78 is 10.7. The van der Waals surface area contributed by atoms with Gasteiger partial charge in [0.2, 0.25) is 5.91 Å². The number of hydrogen-bond acceptors (Lipinski definition) is 6. The summed E-state index contributed by atoms with van der Waals surface area (Å²) in [7, 11) is 0. The van der Waals surface area contributed by atoms with E-state index in [0.717, 1.165) is 22.5 Å². The molecule has 6 nitrogen and oxygen atoms in total. The standard InChI is InChI=1S/C28H31NO5S/c1-6-33-26(31)23-18(2)24(27(32)34-28(3,4)5)35-25(23)29-22(30)17-21(19-13-9-7-10-14-19)20-15-11-8-12-16-20/h7-16,21H,6,17H2,1-5H3,(H,29,30). The Labute approximate surface area is 210 Å². The van der Waals surface area contributed by atoms with Crippen LogP contribution in [0.5, 0.6) is 0 Å². The van der Waals surface area contributed by atoms with Crippen LogP contribution in [0.4, 0.5) is 5.00 Å². The topological polar surface area (TPSA) is 81.7 Å². The van der Waals surface area contributed by atoms with Crippen LogP contribution in [0.1, 0.15) is 76.8 Å². The maximum absolute atomic E-state index is 13.2. The number of carbonyl (C=O) groups is 3. The third-order valence-electron chi connectivity index (χ3n) is 5.26. The lowest BCUT2D eigenvalue weighted by Gasteiger charge is -2.19. The van der Waals surface area contributed by atoms with Gasteiger partial charge in [-0.1, -0.05) is 60.7 Å². The molecular formula is C28H31NO5S. The van der Waals surface area contributed by atoms with Crippen molar-refractivity contribution in [1.29, 1.82) is 0 Å². The zero-order valence-corrected chi connectivity index (χ0v) is 21.5. The van der Waals surface area contributed by atoms with E-state index in [1.165, 1.54) is 0 Å². The van der Waals surface area contributed by atoms with Crippen LogP contribution in [-0.4, -0.2) is 30.1 Å². The molecule has 0 fully saturated rings. The third kappa shape index (κ3) is 6.79. The highest BCUT2D eigenvalue weighted by molar-refractivity contribution is 7.18. The van der Waals surface area contributed by atoms with Gasteiger partial charge in [-0.15, -0.1) is 11.3 Å². The van der Waals surface area contributed by atoms with Crippen molar-refractivity contribution in [3.05, 3.63) is 87.8 Å². The van der Waals surface area contributed by atoms with Gasteiger partial charge in [0.05, 0.1) is 12.2 Å². The highest BCUT2D eigenvalue weighted by atomic mass is 32.1. The number of esters is 2. The molecule has 0 aliphatic rings. The Balaban J connectivity index is 1.92. The van der Waals surface area contributed by atoms with Gasteiger partial charge in [-0.25, -0.2) is 9.59 Å². The largest absolute Gasteiger partial charge is 0.462 e. The molecule has 0 saturated heterocycles. The minimum Gasteiger partial charge on any atom is -0.462 e. The molecule has 3 aromatic rings. The number of rotatable bonds is 8. The van der Waals surface area contributed by atoms with Crippen molar-refractivity contribution in [3.8, 4) is 0 Å². The molecule has 1 N–H and O–H groups in total. The van der Waals surface area contributed by atoms with Gasteiger partial charge in [-0.2, -0.15) is 0 Å².